The molecule has 0 heterocycles. The summed E-state index contributed by atoms with van der Waals surface area (Å²) in [4.78, 5) is 0. The molecule has 0 amide bonds. The zero-order chi connectivity index (χ0) is 11.9. The number of hydrogen-bond donors (Lipinski definition) is 0. The number of hydrogen-bond acceptors (Lipinski definition) is 0. The van der Waals surface area contributed by atoms with E-state index >= 15 is 0 Å². The molecule has 0 N–H and O–H groups in total. The van der Waals surface area contributed by atoms with Crippen LogP contribution in [-0.4, -0.2) is 13.5 Å². The first-order chi connectivity index (χ1) is 6.91. The van der Waals surface area contributed by atoms with Gasteiger partial charge in [-0.2, -0.15) is 13.2 Å². The largest absolute Gasteiger partial charge is 0.391 e. The molecular weight excluding hydrogens is 200 g/mol. The van der Waals surface area contributed by atoms with Gasteiger partial charge >= 0.3 is 6.18 Å². The first-order valence-corrected chi connectivity index (χ1v) is 5.38. The van der Waals surface area contributed by atoms with Crippen LogP contribution in [0.2, 0.25) is 12.6 Å². The molecule has 15 heavy (non-hydrogen) atoms. The summed E-state index contributed by atoms with van der Waals surface area (Å²) in [5, 5.41) is 0. The highest BCUT2D eigenvalue weighted by molar-refractivity contribution is 6.35. The summed E-state index contributed by atoms with van der Waals surface area (Å²) in [6.07, 6.45) is 0.376. The lowest BCUT2D eigenvalue weighted by atomic mass is 9.62. The molecule has 1 radical (unpaired) electrons. The fraction of sp³-hybridized carbons (Fsp3) is 0.818. The fourth-order valence-corrected chi connectivity index (χ4v) is 1.44. The van der Waals surface area contributed by atoms with Crippen molar-refractivity contribution in [2.45, 2.75) is 51.4 Å². The van der Waals surface area contributed by atoms with Gasteiger partial charge < -0.3 is 0 Å². The number of halogens is 3. The van der Waals surface area contributed by atoms with Gasteiger partial charge in [0.05, 0.1) is 5.92 Å². The fourth-order valence-electron chi connectivity index (χ4n) is 1.44. The maximum absolute atomic E-state index is 12.2. The van der Waals surface area contributed by atoms with Crippen molar-refractivity contribution >= 4 is 7.28 Å². The molecule has 0 spiro atoms. The van der Waals surface area contributed by atoms with Crippen molar-refractivity contribution in [1.82, 2.24) is 0 Å². The maximum Gasteiger partial charge on any atom is 0.391 e. The summed E-state index contributed by atoms with van der Waals surface area (Å²) in [5.41, 5.74) is 0. The van der Waals surface area contributed by atoms with Crippen LogP contribution < -0.4 is 0 Å². The third kappa shape index (κ3) is 6.64. The van der Waals surface area contributed by atoms with Crippen LogP contribution in [0.3, 0.4) is 0 Å². The first kappa shape index (κ1) is 14.6. The molecule has 4 heteroatoms. The highest BCUT2D eigenvalue weighted by Gasteiger charge is 2.35. The van der Waals surface area contributed by atoms with Crippen LogP contribution in [-0.2, 0) is 0 Å². The van der Waals surface area contributed by atoms with Crippen LogP contribution in [0.15, 0.2) is 12.7 Å². The van der Waals surface area contributed by atoms with Crippen molar-refractivity contribution in [3.8, 4) is 0 Å². The van der Waals surface area contributed by atoms with Gasteiger partial charge in [-0.1, -0.05) is 38.5 Å². The van der Waals surface area contributed by atoms with Gasteiger partial charge in [0.25, 0.3) is 0 Å². The number of alkyl halides is 3. The van der Waals surface area contributed by atoms with E-state index in [1.54, 1.807) is 0 Å². The maximum atomic E-state index is 12.2. The third-order valence-electron chi connectivity index (χ3n) is 2.74. The molecule has 1 unspecified atom stereocenters. The van der Waals surface area contributed by atoms with E-state index in [9.17, 15) is 13.2 Å². The summed E-state index contributed by atoms with van der Waals surface area (Å²) in [7, 11) is 1.99. The van der Waals surface area contributed by atoms with Gasteiger partial charge in [-0.15, -0.1) is 6.58 Å². The van der Waals surface area contributed by atoms with E-state index in [2.05, 4.69) is 6.58 Å². The Labute approximate surface area is 91.2 Å². The molecule has 0 nitrogen and oxygen atoms in total. The monoisotopic (exact) mass is 219 g/mol. The number of allylic oxidation sites excluding steroid dienone is 1. The van der Waals surface area contributed by atoms with Gasteiger partial charge in [0, 0.05) is 0 Å². The summed E-state index contributed by atoms with van der Waals surface area (Å²) >= 11 is 0. The normalized spacial score (nSPS) is 15.8. The van der Waals surface area contributed by atoms with Crippen LogP contribution in [0.5, 0.6) is 0 Å². The van der Waals surface area contributed by atoms with E-state index < -0.39 is 12.1 Å². The SMILES string of the molecule is C=CCCC([B]C)CC[C@@H](C)C(F)(F)F. The Morgan fingerprint density at radius 3 is 2.27 bits per heavy atom. The van der Waals surface area contributed by atoms with Crippen LogP contribution in [0.1, 0.15) is 32.6 Å². The second kappa shape index (κ2) is 6.97. The van der Waals surface area contributed by atoms with Crippen LogP contribution in [0.4, 0.5) is 13.2 Å². The zero-order valence-electron chi connectivity index (χ0n) is 9.48. The molecule has 0 fully saturated rings. The minimum absolute atomic E-state index is 0.218. The van der Waals surface area contributed by atoms with E-state index in [1.807, 2.05) is 20.2 Å². The molecule has 0 rings (SSSR count). The third-order valence-corrected chi connectivity index (χ3v) is 2.74. The first-order valence-electron chi connectivity index (χ1n) is 5.38. The van der Waals surface area contributed by atoms with E-state index in [1.165, 1.54) is 6.92 Å². The van der Waals surface area contributed by atoms with E-state index in [4.69, 9.17) is 0 Å². The lowest BCUT2D eigenvalue weighted by molar-refractivity contribution is -0.171. The van der Waals surface area contributed by atoms with Crippen molar-refractivity contribution in [3.63, 3.8) is 0 Å². The molecule has 2 atom stereocenters. The Morgan fingerprint density at radius 1 is 1.27 bits per heavy atom. The minimum Gasteiger partial charge on any atom is -0.171 e. The van der Waals surface area contributed by atoms with Gasteiger partial charge in [-0.3, -0.25) is 0 Å². The van der Waals surface area contributed by atoms with Crippen molar-refractivity contribution < 1.29 is 13.2 Å². The van der Waals surface area contributed by atoms with Crippen LogP contribution in [0, 0.1) is 5.92 Å². The molecule has 0 saturated heterocycles. The van der Waals surface area contributed by atoms with Gasteiger partial charge in [0.1, 0.15) is 7.28 Å². The predicted octanol–water partition coefficient (Wildman–Crippen LogP) is 4.47. The predicted molar refractivity (Wildman–Crippen MR) is 59.3 cm³/mol. The summed E-state index contributed by atoms with van der Waals surface area (Å²) in [5.74, 6) is -0.906. The smallest absolute Gasteiger partial charge is 0.171 e. The lowest BCUT2D eigenvalue weighted by Crippen LogP contribution is -2.20. The average molecular weight is 219 g/mol. The highest BCUT2D eigenvalue weighted by Crippen LogP contribution is 2.32. The van der Waals surface area contributed by atoms with Crippen LogP contribution in [0.25, 0.3) is 0 Å². The Hall–Kier alpha value is -0.405. The molecule has 0 aromatic carbocycles. The summed E-state index contributed by atoms with van der Waals surface area (Å²) in [6, 6.07) is 0. The molecule has 0 aliphatic rings. The quantitative estimate of drug-likeness (QED) is 0.437. The topological polar surface area (TPSA) is 0 Å². The van der Waals surface area contributed by atoms with E-state index in [-0.39, 0.29) is 12.2 Å². The van der Waals surface area contributed by atoms with Crippen LogP contribution >= 0.6 is 0 Å². The van der Waals surface area contributed by atoms with Crippen molar-refractivity contribution in [2.75, 3.05) is 0 Å². The molecular formula is C11H19BF3. The minimum atomic E-state index is -4.04. The van der Waals surface area contributed by atoms with Gasteiger partial charge in [0.15, 0.2) is 0 Å². The molecule has 0 aromatic heterocycles. The van der Waals surface area contributed by atoms with Crippen molar-refractivity contribution in [1.29, 1.82) is 0 Å². The van der Waals surface area contributed by atoms with Gasteiger partial charge in [-0.05, 0) is 12.8 Å². The standard InChI is InChI=1S/C11H19BF3/c1-4-5-6-10(12-3)8-7-9(2)11(13,14)15/h4,9-10H,1,5-8H2,2-3H3/t9-,10?/m1/s1. The number of rotatable bonds is 7. The lowest BCUT2D eigenvalue weighted by Gasteiger charge is -2.19. The molecule has 0 saturated carbocycles. The molecule has 0 bridgehead atoms. The van der Waals surface area contributed by atoms with E-state index in [0.29, 0.717) is 6.42 Å². The van der Waals surface area contributed by atoms with Crippen molar-refractivity contribution in [3.05, 3.63) is 12.7 Å². The van der Waals surface area contributed by atoms with E-state index in [0.717, 1.165) is 12.8 Å². The van der Waals surface area contributed by atoms with Crippen molar-refractivity contribution in [2.24, 2.45) is 5.92 Å². The second-order valence-corrected chi connectivity index (χ2v) is 3.98. The molecule has 0 aliphatic carbocycles. The highest BCUT2D eigenvalue weighted by atomic mass is 19.4. The molecule has 87 valence electrons. The average Bonchev–Trinajstić information content (AvgIpc) is 2.16. The summed E-state index contributed by atoms with van der Waals surface area (Å²) < 4.78 is 36.7. The Balaban J connectivity index is 3.84. The second-order valence-electron chi connectivity index (χ2n) is 3.98. The zero-order valence-corrected chi connectivity index (χ0v) is 9.48. The Kier molecular flexibility index (Phi) is 6.78. The summed E-state index contributed by atoms with van der Waals surface area (Å²) in [6.45, 7) is 6.77. The Morgan fingerprint density at radius 2 is 1.87 bits per heavy atom. The van der Waals surface area contributed by atoms with Gasteiger partial charge in [0.2, 0.25) is 0 Å². The Bertz CT molecular complexity index is 177. The molecule has 0 aromatic rings. The van der Waals surface area contributed by atoms with Gasteiger partial charge in [-0.25, -0.2) is 0 Å². The molecule has 0 aliphatic heterocycles.